The Labute approximate surface area is 85.1 Å². The normalized spacial score (nSPS) is 19.6. The summed E-state index contributed by atoms with van der Waals surface area (Å²) in [5.41, 5.74) is 0. The monoisotopic (exact) mass is 222 g/mol. The van der Waals surface area contributed by atoms with Gasteiger partial charge in [0.15, 0.2) is 0 Å². The van der Waals surface area contributed by atoms with Crippen molar-refractivity contribution in [2.45, 2.75) is 32.2 Å². The van der Waals surface area contributed by atoms with E-state index in [0.29, 0.717) is 13.0 Å². The van der Waals surface area contributed by atoms with Crippen LogP contribution in [-0.4, -0.2) is 32.7 Å². The summed E-state index contributed by atoms with van der Waals surface area (Å²) in [6.45, 7) is 2.37. The lowest BCUT2D eigenvalue weighted by atomic mass is 10.1. The largest absolute Gasteiger partial charge is 0.396 e. The van der Waals surface area contributed by atoms with Gasteiger partial charge < -0.3 is 5.11 Å². The average Bonchev–Trinajstić information content (AvgIpc) is 2.85. The Bertz CT molecular complexity index is 262. The molecule has 0 aromatic carbocycles. The minimum Gasteiger partial charge on any atom is -0.396 e. The molecule has 6 heteroatoms. The molecule has 0 heterocycles. The van der Waals surface area contributed by atoms with E-state index in [-0.39, 0.29) is 18.6 Å². The summed E-state index contributed by atoms with van der Waals surface area (Å²) >= 11 is 0. The van der Waals surface area contributed by atoms with Crippen LogP contribution in [0.4, 0.5) is 0 Å². The molecule has 0 radical (unpaired) electrons. The lowest BCUT2D eigenvalue weighted by Crippen LogP contribution is -2.39. The molecule has 0 amide bonds. The van der Waals surface area contributed by atoms with E-state index in [1.807, 2.05) is 6.92 Å². The van der Waals surface area contributed by atoms with Crippen LogP contribution in [0, 0.1) is 5.92 Å². The molecule has 1 saturated carbocycles. The summed E-state index contributed by atoms with van der Waals surface area (Å²) < 4.78 is 27.6. The van der Waals surface area contributed by atoms with Gasteiger partial charge in [-0.25, -0.2) is 4.72 Å². The van der Waals surface area contributed by atoms with Gasteiger partial charge in [-0.1, -0.05) is 6.92 Å². The van der Waals surface area contributed by atoms with E-state index < -0.39 is 10.2 Å². The first-order valence-corrected chi connectivity index (χ1v) is 6.39. The minimum absolute atomic E-state index is 0.0962. The Balaban J connectivity index is 2.20. The number of aliphatic hydroxyl groups is 1. The Hall–Kier alpha value is -0.170. The summed E-state index contributed by atoms with van der Waals surface area (Å²) in [7, 11) is -3.31. The molecular formula is C8H18N2O3S. The van der Waals surface area contributed by atoms with Crippen molar-refractivity contribution in [3.8, 4) is 0 Å². The molecule has 1 rings (SSSR count). The van der Waals surface area contributed by atoms with E-state index in [9.17, 15) is 8.42 Å². The molecule has 1 aliphatic rings. The van der Waals surface area contributed by atoms with Crippen LogP contribution >= 0.6 is 0 Å². The zero-order chi connectivity index (χ0) is 10.6. The van der Waals surface area contributed by atoms with E-state index in [1.54, 1.807) is 0 Å². The van der Waals surface area contributed by atoms with Crippen molar-refractivity contribution in [2.24, 2.45) is 5.92 Å². The molecule has 1 unspecified atom stereocenters. The van der Waals surface area contributed by atoms with E-state index in [2.05, 4.69) is 9.44 Å². The summed E-state index contributed by atoms with van der Waals surface area (Å²) in [6, 6.07) is 0.139. The highest BCUT2D eigenvalue weighted by molar-refractivity contribution is 7.87. The van der Waals surface area contributed by atoms with Crippen molar-refractivity contribution in [2.75, 3.05) is 13.2 Å². The standard InChI is InChI=1S/C8H18N2O3S/c1-7(4-5-11)6-9-14(12,13)10-8-2-3-8/h7-11H,2-6H2,1H3. The van der Waals surface area contributed by atoms with Gasteiger partial charge in [-0.05, 0) is 25.2 Å². The molecule has 14 heavy (non-hydrogen) atoms. The van der Waals surface area contributed by atoms with Crippen molar-refractivity contribution in [3.63, 3.8) is 0 Å². The van der Waals surface area contributed by atoms with Gasteiger partial charge >= 0.3 is 0 Å². The highest BCUT2D eigenvalue weighted by Gasteiger charge is 2.26. The predicted molar refractivity (Wildman–Crippen MR) is 53.9 cm³/mol. The second-order valence-corrected chi connectivity index (χ2v) is 5.39. The van der Waals surface area contributed by atoms with Crippen molar-refractivity contribution < 1.29 is 13.5 Å². The summed E-state index contributed by atoms with van der Waals surface area (Å²) in [5, 5.41) is 8.63. The van der Waals surface area contributed by atoms with Crippen LogP contribution in [0.25, 0.3) is 0 Å². The molecule has 3 N–H and O–H groups in total. The van der Waals surface area contributed by atoms with Crippen LogP contribution in [0.3, 0.4) is 0 Å². The maximum Gasteiger partial charge on any atom is 0.277 e. The molecule has 1 aliphatic carbocycles. The maximum absolute atomic E-state index is 11.3. The fraction of sp³-hybridized carbons (Fsp3) is 1.00. The lowest BCUT2D eigenvalue weighted by molar-refractivity contribution is 0.263. The van der Waals surface area contributed by atoms with Crippen LogP contribution < -0.4 is 9.44 Å². The molecule has 1 fully saturated rings. The molecule has 1 atom stereocenters. The van der Waals surface area contributed by atoms with Gasteiger partial charge in [0.2, 0.25) is 0 Å². The van der Waals surface area contributed by atoms with E-state index in [0.717, 1.165) is 12.8 Å². The van der Waals surface area contributed by atoms with Crippen molar-refractivity contribution in [1.29, 1.82) is 0 Å². The molecule has 0 bridgehead atoms. The third-order valence-electron chi connectivity index (χ3n) is 2.14. The van der Waals surface area contributed by atoms with E-state index in [4.69, 9.17) is 5.11 Å². The molecule has 0 aliphatic heterocycles. The lowest BCUT2D eigenvalue weighted by Gasteiger charge is -2.11. The van der Waals surface area contributed by atoms with Crippen LogP contribution in [-0.2, 0) is 10.2 Å². The van der Waals surface area contributed by atoms with E-state index in [1.165, 1.54) is 0 Å². The van der Waals surface area contributed by atoms with Crippen LogP contribution in [0.15, 0.2) is 0 Å². The zero-order valence-corrected chi connectivity index (χ0v) is 9.18. The third-order valence-corrected chi connectivity index (χ3v) is 3.33. The van der Waals surface area contributed by atoms with Crippen molar-refractivity contribution in [1.82, 2.24) is 9.44 Å². The Morgan fingerprint density at radius 2 is 2.14 bits per heavy atom. The molecule has 0 spiro atoms. The van der Waals surface area contributed by atoms with E-state index >= 15 is 0 Å². The third kappa shape index (κ3) is 4.90. The quantitative estimate of drug-likeness (QED) is 0.548. The van der Waals surface area contributed by atoms with Gasteiger partial charge in [0.25, 0.3) is 10.2 Å². The summed E-state index contributed by atoms with van der Waals surface area (Å²) in [4.78, 5) is 0. The topological polar surface area (TPSA) is 78.4 Å². The molecule has 5 nitrogen and oxygen atoms in total. The van der Waals surface area contributed by atoms with Crippen molar-refractivity contribution in [3.05, 3.63) is 0 Å². The fourth-order valence-electron chi connectivity index (χ4n) is 1.04. The van der Waals surface area contributed by atoms with Gasteiger partial charge in [-0.2, -0.15) is 13.1 Å². The number of aliphatic hydroxyl groups excluding tert-OH is 1. The maximum atomic E-state index is 11.3. The molecule has 0 aromatic rings. The van der Waals surface area contributed by atoms with Gasteiger partial charge in [0.1, 0.15) is 0 Å². The average molecular weight is 222 g/mol. The highest BCUT2D eigenvalue weighted by Crippen LogP contribution is 2.19. The van der Waals surface area contributed by atoms with Crippen LogP contribution in [0.5, 0.6) is 0 Å². The van der Waals surface area contributed by atoms with Gasteiger partial charge in [-0.15, -0.1) is 0 Å². The second kappa shape index (κ2) is 5.06. The number of nitrogens with one attached hydrogen (secondary N) is 2. The summed E-state index contributed by atoms with van der Waals surface area (Å²) in [6.07, 6.45) is 2.49. The van der Waals surface area contributed by atoms with Gasteiger partial charge in [-0.3, -0.25) is 0 Å². The first-order valence-electron chi connectivity index (χ1n) is 4.91. The smallest absolute Gasteiger partial charge is 0.277 e. The molecule has 84 valence electrons. The number of hydrogen-bond acceptors (Lipinski definition) is 3. The molecular weight excluding hydrogens is 204 g/mol. The first-order chi connectivity index (χ1) is 6.53. The second-order valence-electron chi connectivity index (χ2n) is 3.86. The first kappa shape index (κ1) is 11.9. The van der Waals surface area contributed by atoms with Crippen LogP contribution in [0.2, 0.25) is 0 Å². The summed E-state index contributed by atoms with van der Waals surface area (Å²) in [5.74, 6) is 0.163. The Morgan fingerprint density at radius 3 is 2.64 bits per heavy atom. The molecule has 0 aromatic heterocycles. The van der Waals surface area contributed by atoms with Gasteiger partial charge in [0, 0.05) is 19.2 Å². The SMILES string of the molecule is CC(CCO)CNS(=O)(=O)NC1CC1. The van der Waals surface area contributed by atoms with Crippen molar-refractivity contribution >= 4 is 10.2 Å². The predicted octanol–water partition coefficient (Wildman–Crippen LogP) is -0.409. The highest BCUT2D eigenvalue weighted by atomic mass is 32.2. The number of rotatable bonds is 7. The fourth-order valence-corrected chi connectivity index (χ4v) is 2.30. The zero-order valence-electron chi connectivity index (χ0n) is 8.36. The van der Waals surface area contributed by atoms with Gasteiger partial charge in [0.05, 0.1) is 0 Å². The van der Waals surface area contributed by atoms with Crippen LogP contribution in [0.1, 0.15) is 26.2 Å². The minimum atomic E-state index is -3.31. The Kier molecular flexibility index (Phi) is 4.31. The Morgan fingerprint density at radius 1 is 1.50 bits per heavy atom. The number of hydrogen-bond donors (Lipinski definition) is 3. The molecule has 0 saturated heterocycles.